The molecule has 4 nitrogen and oxygen atoms in total. The number of H-pyrrole nitrogens is 1. The maximum atomic E-state index is 11.0. The summed E-state index contributed by atoms with van der Waals surface area (Å²) in [4.78, 5) is 15.8. The summed E-state index contributed by atoms with van der Waals surface area (Å²) < 4.78 is 0. The van der Waals surface area contributed by atoms with Gasteiger partial charge in [0, 0.05) is 17.0 Å². The van der Waals surface area contributed by atoms with Crippen molar-refractivity contribution in [2.75, 3.05) is 14.1 Å². The van der Waals surface area contributed by atoms with Gasteiger partial charge in [-0.3, -0.25) is 9.69 Å². The summed E-state index contributed by atoms with van der Waals surface area (Å²) in [6, 6.07) is 1.31. The van der Waals surface area contributed by atoms with E-state index in [1.807, 2.05) is 19.9 Å². The number of carbonyl (C=O) groups is 1. The van der Waals surface area contributed by atoms with Gasteiger partial charge in [-0.25, -0.2) is 0 Å². The molecule has 0 bridgehead atoms. The van der Waals surface area contributed by atoms with Crippen molar-refractivity contribution in [1.29, 1.82) is 0 Å². The molecule has 1 rings (SSSR count). The number of aliphatic carboxylic acids is 1. The van der Waals surface area contributed by atoms with E-state index in [1.165, 1.54) is 0 Å². The van der Waals surface area contributed by atoms with E-state index >= 15 is 0 Å². The predicted octanol–water partition coefficient (Wildman–Crippen LogP) is 1.32. The third-order valence-corrected chi connectivity index (χ3v) is 2.23. The van der Waals surface area contributed by atoms with E-state index in [9.17, 15) is 4.79 Å². The average Bonchev–Trinajstić information content (AvgIpc) is 2.29. The highest BCUT2D eigenvalue weighted by molar-refractivity contribution is 5.76. The largest absolute Gasteiger partial charge is 0.480 e. The minimum atomic E-state index is -0.822. The van der Waals surface area contributed by atoms with Gasteiger partial charge in [-0.15, -0.1) is 0 Å². The summed E-state index contributed by atoms with van der Waals surface area (Å²) in [6.45, 7) is 3.81. The van der Waals surface area contributed by atoms with Crippen LogP contribution in [0.2, 0.25) is 0 Å². The highest BCUT2D eigenvalue weighted by atomic mass is 16.4. The van der Waals surface area contributed by atoms with E-state index in [0.717, 1.165) is 17.0 Å². The van der Waals surface area contributed by atoms with Gasteiger partial charge in [0.1, 0.15) is 6.04 Å². The van der Waals surface area contributed by atoms with Crippen molar-refractivity contribution < 1.29 is 9.90 Å². The first-order chi connectivity index (χ1) is 6.43. The number of nitrogens with one attached hydrogen (secondary N) is 1. The molecule has 0 aromatic carbocycles. The molecule has 1 atom stereocenters. The van der Waals surface area contributed by atoms with Crippen LogP contribution in [-0.2, 0) is 4.79 Å². The Morgan fingerprint density at radius 1 is 1.50 bits per heavy atom. The molecule has 4 heteroatoms. The molecule has 14 heavy (non-hydrogen) atoms. The second kappa shape index (κ2) is 3.84. The SMILES string of the molecule is Cc1cc(C(C(=O)O)N(C)C)c(C)[nH]1. The van der Waals surface area contributed by atoms with Crippen molar-refractivity contribution in [3.63, 3.8) is 0 Å². The number of rotatable bonds is 3. The molecule has 0 aliphatic carbocycles. The van der Waals surface area contributed by atoms with Crippen LogP contribution in [0.5, 0.6) is 0 Å². The zero-order valence-electron chi connectivity index (χ0n) is 8.96. The maximum absolute atomic E-state index is 11.0. The van der Waals surface area contributed by atoms with Crippen LogP contribution in [0, 0.1) is 13.8 Å². The molecule has 0 radical (unpaired) electrons. The normalized spacial score (nSPS) is 13.2. The maximum Gasteiger partial charge on any atom is 0.325 e. The zero-order valence-corrected chi connectivity index (χ0v) is 8.96. The molecule has 78 valence electrons. The molecule has 0 amide bonds. The lowest BCUT2D eigenvalue weighted by Gasteiger charge is -2.19. The molecule has 0 fully saturated rings. The first kappa shape index (κ1) is 10.8. The number of hydrogen-bond acceptors (Lipinski definition) is 2. The van der Waals surface area contributed by atoms with Crippen LogP contribution in [0.1, 0.15) is 23.0 Å². The molecule has 1 aromatic heterocycles. The van der Waals surface area contributed by atoms with Crippen molar-refractivity contribution in [3.05, 3.63) is 23.0 Å². The van der Waals surface area contributed by atoms with Crippen LogP contribution in [-0.4, -0.2) is 35.1 Å². The molecular weight excluding hydrogens is 180 g/mol. The molecule has 0 aliphatic rings. The number of carboxylic acids is 1. The molecule has 2 N–H and O–H groups in total. The van der Waals surface area contributed by atoms with E-state index in [2.05, 4.69) is 4.98 Å². The molecule has 1 heterocycles. The lowest BCUT2D eigenvalue weighted by molar-refractivity contribution is -0.142. The Labute approximate surface area is 83.5 Å². The third-order valence-electron chi connectivity index (χ3n) is 2.23. The Morgan fingerprint density at radius 3 is 2.36 bits per heavy atom. The van der Waals surface area contributed by atoms with Gasteiger partial charge >= 0.3 is 5.97 Å². The van der Waals surface area contributed by atoms with Crippen molar-refractivity contribution in [2.24, 2.45) is 0 Å². The molecule has 1 unspecified atom stereocenters. The van der Waals surface area contributed by atoms with Crippen molar-refractivity contribution in [3.8, 4) is 0 Å². The van der Waals surface area contributed by atoms with Crippen LogP contribution < -0.4 is 0 Å². The van der Waals surface area contributed by atoms with Crippen LogP contribution in [0.15, 0.2) is 6.07 Å². The van der Waals surface area contributed by atoms with Crippen LogP contribution in [0.25, 0.3) is 0 Å². The van der Waals surface area contributed by atoms with Gasteiger partial charge in [-0.1, -0.05) is 0 Å². The van der Waals surface area contributed by atoms with Crippen LogP contribution >= 0.6 is 0 Å². The van der Waals surface area contributed by atoms with Gasteiger partial charge in [0.2, 0.25) is 0 Å². The Hall–Kier alpha value is -1.29. The standard InChI is InChI=1S/C10H16N2O2/c1-6-5-8(7(2)11-6)9(10(13)14)12(3)4/h5,9,11H,1-4H3,(H,13,14). The second-order valence-corrected chi connectivity index (χ2v) is 3.74. The topological polar surface area (TPSA) is 56.3 Å². The minimum Gasteiger partial charge on any atom is -0.480 e. The van der Waals surface area contributed by atoms with Gasteiger partial charge in [-0.05, 0) is 34.0 Å². The van der Waals surface area contributed by atoms with Gasteiger partial charge < -0.3 is 10.1 Å². The average molecular weight is 196 g/mol. The molecule has 1 aromatic rings. The molecule has 0 aliphatic heterocycles. The van der Waals surface area contributed by atoms with Crippen LogP contribution in [0.3, 0.4) is 0 Å². The quantitative estimate of drug-likeness (QED) is 0.766. The number of likely N-dealkylation sites (N-methyl/N-ethyl adjacent to an activating group) is 1. The van der Waals surface area contributed by atoms with Crippen molar-refractivity contribution in [1.82, 2.24) is 9.88 Å². The van der Waals surface area contributed by atoms with E-state index in [4.69, 9.17) is 5.11 Å². The zero-order chi connectivity index (χ0) is 10.9. The molecule has 0 saturated carbocycles. The fourth-order valence-corrected chi connectivity index (χ4v) is 1.66. The Balaban J connectivity index is 3.11. The highest BCUT2D eigenvalue weighted by Crippen LogP contribution is 2.22. The molecular formula is C10H16N2O2. The summed E-state index contributed by atoms with van der Waals surface area (Å²) in [7, 11) is 3.53. The minimum absolute atomic E-state index is 0.569. The number of aromatic nitrogens is 1. The summed E-state index contributed by atoms with van der Waals surface area (Å²) >= 11 is 0. The van der Waals surface area contributed by atoms with E-state index in [0.29, 0.717) is 0 Å². The molecule has 0 saturated heterocycles. The first-order valence-electron chi connectivity index (χ1n) is 4.49. The number of carboxylic acid groups (broad SMARTS) is 1. The van der Waals surface area contributed by atoms with E-state index < -0.39 is 12.0 Å². The number of aromatic amines is 1. The summed E-state index contributed by atoms with van der Waals surface area (Å²) in [5, 5.41) is 9.08. The summed E-state index contributed by atoms with van der Waals surface area (Å²) in [6.07, 6.45) is 0. The Bertz CT molecular complexity index is 342. The van der Waals surface area contributed by atoms with Gasteiger partial charge in [0.05, 0.1) is 0 Å². The van der Waals surface area contributed by atoms with Crippen molar-refractivity contribution in [2.45, 2.75) is 19.9 Å². The van der Waals surface area contributed by atoms with E-state index in [1.54, 1.807) is 19.0 Å². The summed E-state index contributed by atoms with van der Waals surface area (Å²) in [5.74, 6) is -0.822. The lowest BCUT2D eigenvalue weighted by atomic mass is 10.1. The van der Waals surface area contributed by atoms with Gasteiger partial charge in [0.25, 0.3) is 0 Å². The highest BCUT2D eigenvalue weighted by Gasteiger charge is 2.24. The number of hydrogen-bond donors (Lipinski definition) is 2. The third kappa shape index (κ3) is 1.96. The number of nitrogens with zero attached hydrogens (tertiary/aromatic N) is 1. The van der Waals surface area contributed by atoms with Gasteiger partial charge in [0.15, 0.2) is 0 Å². The monoisotopic (exact) mass is 196 g/mol. The smallest absolute Gasteiger partial charge is 0.325 e. The predicted molar refractivity (Wildman–Crippen MR) is 54.3 cm³/mol. The molecule has 0 spiro atoms. The fraction of sp³-hybridized carbons (Fsp3) is 0.500. The van der Waals surface area contributed by atoms with E-state index in [-0.39, 0.29) is 0 Å². The van der Waals surface area contributed by atoms with Crippen molar-refractivity contribution >= 4 is 5.97 Å². The Kier molecular flexibility index (Phi) is 2.96. The Morgan fingerprint density at radius 2 is 2.07 bits per heavy atom. The fourth-order valence-electron chi connectivity index (χ4n) is 1.66. The first-order valence-corrected chi connectivity index (χ1v) is 4.49. The second-order valence-electron chi connectivity index (χ2n) is 3.74. The van der Waals surface area contributed by atoms with Crippen LogP contribution in [0.4, 0.5) is 0 Å². The summed E-state index contributed by atoms with van der Waals surface area (Å²) in [5.41, 5.74) is 2.74. The van der Waals surface area contributed by atoms with Gasteiger partial charge in [-0.2, -0.15) is 0 Å². The lowest BCUT2D eigenvalue weighted by Crippen LogP contribution is -2.27. The number of aryl methyl sites for hydroxylation is 2.